The average molecular weight is 205 g/mol. The third kappa shape index (κ3) is 1.62. The Morgan fingerprint density at radius 1 is 1.50 bits per heavy atom. The van der Waals surface area contributed by atoms with Crippen molar-refractivity contribution in [1.29, 1.82) is 0 Å². The predicted molar refractivity (Wildman–Crippen MR) is 49.7 cm³/mol. The van der Waals surface area contributed by atoms with E-state index >= 15 is 0 Å². The molecule has 0 saturated carbocycles. The van der Waals surface area contributed by atoms with E-state index in [-0.39, 0.29) is 5.69 Å². The largest absolute Gasteiger partial charge is 0.543 e. The molecule has 5 heteroatoms. The normalized spacial score (nSPS) is 10.0. The first-order valence-electron chi connectivity index (χ1n) is 3.84. The molecule has 2 rings (SSSR count). The summed E-state index contributed by atoms with van der Waals surface area (Å²) >= 11 is 1.26. The number of aromatic nitrogens is 2. The van der Waals surface area contributed by atoms with Gasteiger partial charge in [-0.2, -0.15) is 0 Å². The van der Waals surface area contributed by atoms with E-state index < -0.39 is 5.97 Å². The summed E-state index contributed by atoms with van der Waals surface area (Å²) in [6.45, 7) is 0. The number of rotatable bonds is 2. The summed E-state index contributed by atoms with van der Waals surface area (Å²) in [5, 5.41) is 12.6. The van der Waals surface area contributed by atoms with Gasteiger partial charge in [0.15, 0.2) is 0 Å². The number of thiazole rings is 1. The highest BCUT2D eigenvalue weighted by Crippen LogP contribution is 2.21. The zero-order valence-corrected chi connectivity index (χ0v) is 7.82. The molecule has 0 N–H and O–H groups in total. The van der Waals surface area contributed by atoms with Crippen molar-refractivity contribution in [3.05, 3.63) is 35.6 Å². The molecule has 0 amide bonds. The Balaban J connectivity index is 2.39. The van der Waals surface area contributed by atoms with E-state index in [1.807, 2.05) is 6.07 Å². The summed E-state index contributed by atoms with van der Waals surface area (Å²) in [5.41, 5.74) is 0.777. The zero-order chi connectivity index (χ0) is 9.97. The number of pyridine rings is 1. The maximum absolute atomic E-state index is 10.5. The van der Waals surface area contributed by atoms with E-state index in [1.54, 1.807) is 18.5 Å². The Labute approximate surface area is 83.9 Å². The van der Waals surface area contributed by atoms with Crippen LogP contribution >= 0.6 is 11.3 Å². The molecule has 0 aromatic carbocycles. The van der Waals surface area contributed by atoms with Crippen LogP contribution in [-0.2, 0) is 0 Å². The van der Waals surface area contributed by atoms with Gasteiger partial charge in [0.2, 0.25) is 0 Å². The molecule has 0 bridgehead atoms. The lowest BCUT2D eigenvalue weighted by Crippen LogP contribution is -2.22. The molecule has 0 fully saturated rings. The number of carboxylic acids is 1. The summed E-state index contributed by atoms with van der Waals surface area (Å²) in [4.78, 5) is 18.3. The molecular formula is C9H5N2O2S-. The monoisotopic (exact) mass is 205 g/mol. The highest BCUT2D eigenvalue weighted by molar-refractivity contribution is 7.13. The number of carbonyl (C=O) groups excluding carboxylic acids is 1. The van der Waals surface area contributed by atoms with Gasteiger partial charge in [-0.25, -0.2) is 4.98 Å². The molecule has 70 valence electrons. The molecular weight excluding hydrogens is 200 g/mol. The van der Waals surface area contributed by atoms with E-state index in [2.05, 4.69) is 9.97 Å². The van der Waals surface area contributed by atoms with Crippen LogP contribution < -0.4 is 5.11 Å². The molecule has 0 unspecified atom stereocenters. The minimum absolute atomic E-state index is 0.0335. The molecule has 14 heavy (non-hydrogen) atoms. The molecule has 0 atom stereocenters. The van der Waals surface area contributed by atoms with Crippen molar-refractivity contribution in [2.45, 2.75) is 0 Å². The third-order valence-electron chi connectivity index (χ3n) is 1.62. The molecule has 0 aliphatic rings. The Morgan fingerprint density at radius 2 is 2.36 bits per heavy atom. The van der Waals surface area contributed by atoms with Gasteiger partial charge in [0.25, 0.3) is 0 Å². The number of nitrogens with zero attached hydrogens (tertiary/aromatic N) is 2. The molecule has 2 aromatic heterocycles. The minimum atomic E-state index is -1.25. The fraction of sp³-hybridized carbons (Fsp3) is 0. The smallest absolute Gasteiger partial charge is 0.125 e. The topological polar surface area (TPSA) is 65.9 Å². The Morgan fingerprint density at radius 3 is 2.93 bits per heavy atom. The SMILES string of the molecule is O=C([O-])c1csc(-c2cccnc2)n1. The zero-order valence-electron chi connectivity index (χ0n) is 7.01. The Hall–Kier alpha value is -1.75. The van der Waals surface area contributed by atoms with Gasteiger partial charge in [0, 0.05) is 23.3 Å². The number of hydrogen-bond donors (Lipinski definition) is 0. The van der Waals surface area contributed by atoms with E-state index in [9.17, 15) is 9.90 Å². The summed E-state index contributed by atoms with van der Waals surface area (Å²) in [6, 6.07) is 3.60. The number of carboxylic acid groups (broad SMARTS) is 1. The highest BCUT2D eigenvalue weighted by Gasteiger charge is 2.04. The molecule has 2 aromatic rings. The molecule has 2 heterocycles. The summed E-state index contributed by atoms with van der Waals surface area (Å²) in [6.07, 6.45) is 3.29. The number of aromatic carboxylic acids is 1. The minimum Gasteiger partial charge on any atom is -0.543 e. The van der Waals surface area contributed by atoms with Gasteiger partial charge in [0.1, 0.15) is 5.01 Å². The van der Waals surface area contributed by atoms with Crippen LogP contribution in [0.1, 0.15) is 10.5 Å². The van der Waals surface area contributed by atoms with Crippen molar-refractivity contribution in [3.8, 4) is 10.6 Å². The van der Waals surface area contributed by atoms with Gasteiger partial charge in [0.05, 0.1) is 11.7 Å². The maximum atomic E-state index is 10.5. The fourth-order valence-electron chi connectivity index (χ4n) is 0.989. The quantitative estimate of drug-likeness (QED) is 0.718. The lowest BCUT2D eigenvalue weighted by Gasteiger charge is -1.94. The van der Waals surface area contributed by atoms with Crippen LogP contribution in [0.5, 0.6) is 0 Å². The van der Waals surface area contributed by atoms with Gasteiger partial charge < -0.3 is 9.90 Å². The van der Waals surface area contributed by atoms with Gasteiger partial charge >= 0.3 is 0 Å². The van der Waals surface area contributed by atoms with Gasteiger partial charge in [-0.05, 0) is 12.1 Å². The first-order chi connectivity index (χ1) is 6.77. The number of hydrogen-bond acceptors (Lipinski definition) is 5. The van der Waals surface area contributed by atoms with Crippen LogP contribution in [0.3, 0.4) is 0 Å². The van der Waals surface area contributed by atoms with E-state index in [4.69, 9.17) is 0 Å². The van der Waals surface area contributed by atoms with Crippen LogP contribution in [0, 0.1) is 0 Å². The molecule has 0 aliphatic carbocycles. The second-order valence-electron chi connectivity index (χ2n) is 2.57. The standard InChI is InChI=1S/C9H6N2O2S/c12-9(13)7-5-14-8(11-7)6-2-1-3-10-4-6/h1-5H,(H,12,13)/p-1. The second kappa shape index (κ2) is 3.55. The van der Waals surface area contributed by atoms with Crippen molar-refractivity contribution < 1.29 is 9.90 Å². The van der Waals surface area contributed by atoms with Gasteiger partial charge in [-0.3, -0.25) is 4.98 Å². The lowest BCUT2D eigenvalue weighted by atomic mass is 10.3. The predicted octanol–water partition coefficient (Wildman–Crippen LogP) is 0.569. The van der Waals surface area contributed by atoms with Gasteiger partial charge in [-0.1, -0.05) is 0 Å². The first-order valence-corrected chi connectivity index (χ1v) is 4.72. The summed E-state index contributed by atoms with van der Waals surface area (Å²) < 4.78 is 0. The molecule has 0 radical (unpaired) electrons. The summed E-state index contributed by atoms with van der Waals surface area (Å²) in [5.74, 6) is -1.25. The van der Waals surface area contributed by atoms with Gasteiger partial charge in [-0.15, -0.1) is 11.3 Å². The third-order valence-corrected chi connectivity index (χ3v) is 2.51. The van der Waals surface area contributed by atoms with Crippen LogP contribution in [0.25, 0.3) is 10.6 Å². The molecule has 0 saturated heterocycles. The first kappa shape index (κ1) is 8.83. The van der Waals surface area contributed by atoms with Crippen LogP contribution in [-0.4, -0.2) is 15.9 Å². The molecule has 0 spiro atoms. The van der Waals surface area contributed by atoms with E-state index in [0.717, 1.165) is 5.56 Å². The van der Waals surface area contributed by atoms with Crippen LogP contribution in [0.2, 0.25) is 0 Å². The molecule has 0 aliphatic heterocycles. The second-order valence-corrected chi connectivity index (χ2v) is 3.43. The molecule has 4 nitrogen and oxygen atoms in total. The van der Waals surface area contributed by atoms with Crippen molar-refractivity contribution in [2.24, 2.45) is 0 Å². The Bertz CT molecular complexity index is 453. The van der Waals surface area contributed by atoms with Crippen molar-refractivity contribution in [3.63, 3.8) is 0 Å². The van der Waals surface area contributed by atoms with E-state index in [0.29, 0.717) is 5.01 Å². The highest BCUT2D eigenvalue weighted by atomic mass is 32.1. The van der Waals surface area contributed by atoms with Crippen LogP contribution in [0.15, 0.2) is 29.9 Å². The van der Waals surface area contributed by atoms with Crippen molar-refractivity contribution in [1.82, 2.24) is 9.97 Å². The lowest BCUT2D eigenvalue weighted by molar-refractivity contribution is -0.255. The fourth-order valence-corrected chi connectivity index (χ4v) is 1.77. The van der Waals surface area contributed by atoms with E-state index in [1.165, 1.54) is 16.7 Å². The maximum Gasteiger partial charge on any atom is 0.125 e. The van der Waals surface area contributed by atoms with Crippen molar-refractivity contribution >= 4 is 17.3 Å². The average Bonchev–Trinajstić information content (AvgIpc) is 2.68. The van der Waals surface area contributed by atoms with Crippen molar-refractivity contribution in [2.75, 3.05) is 0 Å². The summed E-state index contributed by atoms with van der Waals surface area (Å²) in [7, 11) is 0. The Kier molecular flexibility index (Phi) is 2.24. The van der Waals surface area contributed by atoms with Crippen LogP contribution in [0.4, 0.5) is 0 Å². The number of carbonyl (C=O) groups is 1.